The molecule has 0 aliphatic carbocycles. The van der Waals surface area contributed by atoms with E-state index in [2.05, 4.69) is 15.9 Å². The minimum Gasteiger partial charge on any atom is -0.460 e. The number of halogens is 2. The Balaban J connectivity index is 2.22. The number of rotatable bonds is 6. The number of hydrogen-bond acceptors (Lipinski definition) is 6. The molecule has 0 spiro atoms. The molecule has 1 saturated heterocycles. The third-order valence-electron chi connectivity index (χ3n) is 5.01. The van der Waals surface area contributed by atoms with Gasteiger partial charge >= 0.3 is 12.1 Å². The van der Waals surface area contributed by atoms with Crippen LogP contribution in [-0.4, -0.2) is 44.0 Å². The zero-order chi connectivity index (χ0) is 21.8. The van der Waals surface area contributed by atoms with Crippen LogP contribution in [0, 0.1) is 5.82 Å². The highest BCUT2D eigenvalue weighted by Gasteiger charge is 2.38. The highest BCUT2D eigenvalue weighted by Crippen LogP contribution is 2.40. The lowest BCUT2D eigenvalue weighted by Crippen LogP contribution is -2.46. The van der Waals surface area contributed by atoms with Gasteiger partial charge in [0.15, 0.2) is 11.4 Å². The summed E-state index contributed by atoms with van der Waals surface area (Å²) in [5.74, 6) is -1.65. The van der Waals surface area contributed by atoms with E-state index in [1.807, 2.05) is 6.92 Å². The summed E-state index contributed by atoms with van der Waals surface area (Å²) in [5, 5.41) is 0.289. The molecular weight excluding hydrogens is 461 g/mol. The molecule has 1 aromatic carbocycles. The van der Waals surface area contributed by atoms with Crippen LogP contribution in [0.4, 0.5) is 14.9 Å². The number of carbonyl (C=O) groups is 2. The van der Waals surface area contributed by atoms with Crippen LogP contribution in [-0.2, 0) is 14.2 Å². The molecule has 7 nitrogen and oxygen atoms in total. The summed E-state index contributed by atoms with van der Waals surface area (Å²) in [6, 6.07) is 2.54. The van der Waals surface area contributed by atoms with Gasteiger partial charge in [-0.3, -0.25) is 4.90 Å². The average Bonchev–Trinajstić information content (AvgIpc) is 3.08. The largest absolute Gasteiger partial charge is 0.460 e. The maximum absolute atomic E-state index is 14.6. The lowest BCUT2D eigenvalue weighted by Gasteiger charge is -2.36. The summed E-state index contributed by atoms with van der Waals surface area (Å²) in [6.45, 7) is 6.08. The van der Waals surface area contributed by atoms with Crippen LogP contribution < -0.4 is 4.90 Å². The monoisotopic (exact) mass is 485 g/mol. The number of benzene rings is 1. The molecular formula is C21H25BrFNO6. The number of nitrogens with zero attached hydrogens (tertiary/aromatic N) is 1. The lowest BCUT2D eigenvalue weighted by molar-refractivity contribution is 0.00465. The van der Waals surface area contributed by atoms with Crippen molar-refractivity contribution in [1.29, 1.82) is 0 Å². The summed E-state index contributed by atoms with van der Waals surface area (Å²) in [7, 11) is 0. The van der Waals surface area contributed by atoms with Crippen molar-refractivity contribution in [1.82, 2.24) is 0 Å². The predicted octanol–water partition coefficient (Wildman–Crippen LogP) is 5.43. The van der Waals surface area contributed by atoms with E-state index in [9.17, 15) is 14.0 Å². The minimum absolute atomic E-state index is 0.0339. The average molecular weight is 486 g/mol. The van der Waals surface area contributed by atoms with Gasteiger partial charge in [0.2, 0.25) is 5.76 Å². The Morgan fingerprint density at radius 3 is 2.63 bits per heavy atom. The van der Waals surface area contributed by atoms with Crippen LogP contribution in [0.5, 0.6) is 0 Å². The molecule has 1 fully saturated rings. The smallest absolute Gasteiger partial charge is 0.414 e. The van der Waals surface area contributed by atoms with E-state index < -0.39 is 17.9 Å². The molecule has 2 aromatic rings. The SMILES string of the molecule is CCOC(=O)c1oc2c(F)cc(Br)cc2c1N(C(=O)OCC)C1CCOC(CC)C1. The van der Waals surface area contributed by atoms with Crippen LogP contribution in [0.15, 0.2) is 21.0 Å². The van der Waals surface area contributed by atoms with Gasteiger partial charge in [0, 0.05) is 22.5 Å². The molecule has 164 valence electrons. The number of hydrogen-bond donors (Lipinski definition) is 0. The highest BCUT2D eigenvalue weighted by atomic mass is 79.9. The molecule has 1 aliphatic rings. The van der Waals surface area contributed by atoms with Crippen LogP contribution in [0.2, 0.25) is 0 Å². The summed E-state index contributed by atoms with van der Waals surface area (Å²) >= 11 is 3.28. The summed E-state index contributed by atoms with van der Waals surface area (Å²) in [5.41, 5.74) is 0.0357. The van der Waals surface area contributed by atoms with Crippen LogP contribution in [0.3, 0.4) is 0 Å². The number of amides is 1. The Morgan fingerprint density at radius 2 is 1.97 bits per heavy atom. The topological polar surface area (TPSA) is 78.2 Å². The number of carbonyl (C=O) groups excluding carboxylic acids is 2. The Morgan fingerprint density at radius 1 is 1.23 bits per heavy atom. The zero-order valence-electron chi connectivity index (χ0n) is 17.2. The van der Waals surface area contributed by atoms with Gasteiger partial charge in [-0.25, -0.2) is 14.0 Å². The van der Waals surface area contributed by atoms with Crippen molar-refractivity contribution in [3.63, 3.8) is 0 Å². The van der Waals surface area contributed by atoms with Crippen molar-refractivity contribution >= 4 is 44.6 Å². The van der Waals surface area contributed by atoms with Crippen molar-refractivity contribution in [2.24, 2.45) is 0 Å². The molecule has 2 heterocycles. The number of furan rings is 1. The zero-order valence-corrected chi connectivity index (χ0v) is 18.8. The van der Waals surface area contributed by atoms with Crippen molar-refractivity contribution in [2.45, 2.75) is 52.2 Å². The van der Waals surface area contributed by atoms with Crippen molar-refractivity contribution in [3.05, 3.63) is 28.2 Å². The summed E-state index contributed by atoms with van der Waals surface area (Å²) in [6.07, 6.45) is 1.22. The summed E-state index contributed by atoms with van der Waals surface area (Å²) in [4.78, 5) is 27.1. The highest BCUT2D eigenvalue weighted by molar-refractivity contribution is 9.10. The third kappa shape index (κ3) is 4.46. The first-order valence-electron chi connectivity index (χ1n) is 10.1. The molecule has 3 rings (SSSR count). The van der Waals surface area contributed by atoms with E-state index in [0.717, 1.165) is 6.42 Å². The van der Waals surface area contributed by atoms with E-state index in [1.165, 1.54) is 11.0 Å². The minimum atomic E-state index is -0.771. The molecule has 0 saturated carbocycles. The molecule has 0 radical (unpaired) electrons. The number of anilines is 1. The van der Waals surface area contributed by atoms with Gasteiger partial charge in [-0.15, -0.1) is 0 Å². The van der Waals surface area contributed by atoms with Crippen molar-refractivity contribution < 1.29 is 32.6 Å². The molecule has 2 unspecified atom stereocenters. The van der Waals surface area contributed by atoms with Gasteiger partial charge in [-0.05, 0) is 45.2 Å². The van der Waals surface area contributed by atoms with E-state index in [4.69, 9.17) is 18.6 Å². The standard InChI is InChI=1S/C21H25BrFNO6/c1-4-14-11-13(7-8-29-14)24(21(26)28-6-3)17-15-9-12(22)10-16(23)18(15)30-19(17)20(25)27-5-2/h9-10,13-14H,4-8,11H2,1-3H3. The number of esters is 1. The van der Waals surface area contributed by atoms with Crippen LogP contribution in [0.1, 0.15) is 50.6 Å². The second-order valence-corrected chi connectivity index (χ2v) is 7.83. The molecule has 1 aromatic heterocycles. The fourth-order valence-corrected chi connectivity index (χ4v) is 4.11. The van der Waals surface area contributed by atoms with Gasteiger partial charge in [-0.1, -0.05) is 22.9 Å². The van der Waals surface area contributed by atoms with E-state index in [0.29, 0.717) is 23.9 Å². The van der Waals surface area contributed by atoms with Gasteiger partial charge in [-0.2, -0.15) is 0 Å². The Bertz CT molecular complexity index is 930. The van der Waals surface area contributed by atoms with Crippen LogP contribution in [0.25, 0.3) is 11.0 Å². The molecule has 1 amide bonds. The lowest BCUT2D eigenvalue weighted by atomic mass is 9.99. The van der Waals surface area contributed by atoms with E-state index in [-0.39, 0.29) is 47.8 Å². The first-order valence-corrected chi connectivity index (χ1v) is 10.9. The van der Waals surface area contributed by atoms with Crippen molar-refractivity contribution in [3.8, 4) is 0 Å². The fourth-order valence-electron chi connectivity index (χ4n) is 3.68. The first kappa shape index (κ1) is 22.6. The van der Waals surface area contributed by atoms with Gasteiger partial charge < -0.3 is 18.6 Å². The van der Waals surface area contributed by atoms with Gasteiger partial charge in [0.25, 0.3) is 0 Å². The first-order chi connectivity index (χ1) is 14.4. The molecule has 0 N–H and O–H groups in total. The summed E-state index contributed by atoms with van der Waals surface area (Å²) < 4.78 is 36.8. The molecule has 30 heavy (non-hydrogen) atoms. The normalized spacial score (nSPS) is 19.0. The van der Waals surface area contributed by atoms with Gasteiger partial charge in [0.05, 0.1) is 19.3 Å². The molecule has 2 atom stereocenters. The third-order valence-corrected chi connectivity index (χ3v) is 5.47. The molecule has 0 bridgehead atoms. The van der Waals surface area contributed by atoms with Crippen molar-refractivity contribution in [2.75, 3.05) is 24.7 Å². The molecule has 1 aliphatic heterocycles. The quantitative estimate of drug-likeness (QED) is 0.507. The predicted molar refractivity (Wildman–Crippen MR) is 112 cm³/mol. The Kier molecular flexibility index (Phi) is 7.36. The maximum Gasteiger partial charge on any atom is 0.414 e. The van der Waals surface area contributed by atoms with E-state index in [1.54, 1.807) is 19.9 Å². The van der Waals surface area contributed by atoms with Crippen LogP contribution >= 0.6 is 15.9 Å². The number of ether oxygens (including phenoxy) is 3. The molecule has 9 heteroatoms. The van der Waals surface area contributed by atoms with Gasteiger partial charge in [0.1, 0.15) is 5.69 Å². The Labute approximate surface area is 182 Å². The maximum atomic E-state index is 14.6. The number of fused-ring (bicyclic) bond motifs is 1. The second-order valence-electron chi connectivity index (χ2n) is 6.91. The Hall–Kier alpha value is -2.13. The fraction of sp³-hybridized carbons (Fsp3) is 0.524. The second kappa shape index (κ2) is 9.78. The van der Waals surface area contributed by atoms with E-state index >= 15 is 0 Å².